The third-order valence-corrected chi connectivity index (χ3v) is 6.13. The number of rotatable bonds is 7. The number of hydrogen-bond donors (Lipinski definition) is 2. The Kier molecular flexibility index (Phi) is 6.74. The Morgan fingerprint density at radius 1 is 0.972 bits per heavy atom. The topological polar surface area (TPSA) is 110 Å². The van der Waals surface area contributed by atoms with Gasteiger partial charge in [0.25, 0.3) is 0 Å². The second-order valence-corrected chi connectivity index (χ2v) is 9.65. The number of halogens is 3. The van der Waals surface area contributed by atoms with E-state index in [0.29, 0.717) is 17.2 Å². The lowest BCUT2D eigenvalue weighted by atomic mass is 10.0. The summed E-state index contributed by atoms with van der Waals surface area (Å²) in [4.78, 5) is 10.3. The molecule has 0 saturated heterocycles. The third-order valence-electron chi connectivity index (χ3n) is 5.20. The minimum Gasteiger partial charge on any atom is -0.404 e. The number of ether oxygens (including phenoxy) is 1. The largest absolute Gasteiger partial charge is 0.573 e. The molecule has 0 aliphatic heterocycles. The van der Waals surface area contributed by atoms with Crippen molar-refractivity contribution in [3.63, 3.8) is 0 Å². The second-order valence-electron chi connectivity index (χ2n) is 8.12. The summed E-state index contributed by atoms with van der Waals surface area (Å²) < 4.78 is 66.6. The fraction of sp³-hybridized carbons (Fsp3) is 0.167. The van der Waals surface area contributed by atoms with Crippen LogP contribution in [0.1, 0.15) is 11.1 Å². The molecule has 1 aromatic heterocycles. The Labute approximate surface area is 205 Å². The summed E-state index contributed by atoms with van der Waals surface area (Å²) >= 11 is 0. The molecule has 188 valence electrons. The van der Waals surface area contributed by atoms with Crippen LogP contribution < -0.4 is 20.1 Å². The van der Waals surface area contributed by atoms with E-state index in [2.05, 4.69) is 20.0 Å². The first-order valence-corrected chi connectivity index (χ1v) is 12.2. The van der Waals surface area contributed by atoms with Crippen molar-refractivity contribution < 1.29 is 26.3 Å². The number of aromatic nitrogens is 2. The van der Waals surface area contributed by atoms with Crippen LogP contribution in [0.25, 0.3) is 10.9 Å². The first-order chi connectivity index (χ1) is 16.9. The number of nitrogens with two attached hydrogens (primary N) is 1. The lowest BCUT2D eigenvalue weighted by Crippen LogP contribution is -2.22. The van der Waals surface area contributed by atoms with Gasteiger partial charge in [-0.2, -0.15) is 4.98 Å². The molecule has 36 heavy (non-hydrogen) atoms. The van der Waals surface area contributed by atoms with Gasteiger partial charge >= 0.3 is 6.36 Å². The molecule has 4 rings (SSSR count). The fourth-order valence-electron chi connectivity index (χ4n) is 3.67. The van der Waals surface area contributed by atoms with Crippen molar-refractivity contribution in [2.24, 2.45) is 5.14 Å². The van der Waals surface area contributed by atoms with Crippen LogP contribution in [0.5, 0.6) is 5.75 Å². The molecule has 3 N–H and O–H groups in total. The molecular weight excluding hydrogens is 495 g/mol. The van der Waals surface area contributed by atoms with E-state index in [1.165, 1.54) is 12.1 Å². The van der Waals surface area contributed by atoms with E-state index in [-0.39, 0.29) is 12.0 Å². The van der Waals surface area contributed by atoms with Gasteiger partial charge < -0.3 is 15.0 Å². The summed E-state index contributed by atoms with van der Waals surface area (Å²) in [6.45, 7) is 0. The molecule has 3 aromatic carbocycles. The summed E-state index contributed by atoms with van der Waals surface area (Å²) in [6, 6.07) is 18.1. The van der Waals surface area contributed by atoms with Gasteiger partial charge in [-0.1, -0.05) is 36.4 Å². The van der Waals surface area contributed by atoms with Gasteiger partial charge in [0.05, 0.1) is 5.52 Å². The molecule has 0 bridgehead atoms. The number of nitrogens with zero attached hydrogens (tertiary/aromatic N) is 3. The van der Waals surface area contributed by atoms with Crippen LogP contribution in [0.3, 0.4) is 0 Å². The van der Waals surface area contributed by atoms with Crippen molar-refractivity contribution in [3.05, 3.63) is 77.9 Å². The van der Waals surface area contributed by atoms with Crippen molar-refractivity contribution in [1.29, 1.82) is 0 Å². The van der Waals surface area contributed by atoms with Crippen LogP contribution in [0.4, 0.5) is 30.6 Å². The zero-order valence-electron chi connectivity index (χ0n) is 19.2. The number of hydrogen-bond acceptors (Lipinski definition) is 7. The van der Waals surface area contributed by atoms with Gasteiger partial charge in [-0.15, -0.1) is 13.2 Å². The quantitative estimate of drug-likeness (QED) is 0.369. The fourth-order valence-corrected chi connectivity index (χ4v) is 4.37. The van der Waals surface area contributed by atoms with Crippen LogP contribution in [0.2, 0.25) is 0 Å². The Balaban J connectivity index is 1.60. The minimum atomic E-state index is -5.09. The summed E-state index contributed by atoms with van der Waals surface area (Å²) in [5.41, 5.74) is 2.06. The SMILES string of the molecule is CN(C)c1nc(Nc2ccc(Cc3cccc(S(N)(=O)=O)c3OC(F)(F)F)cc2)nc2ccccc12. The van der Waals surface area contributed by atoms with Crippen LogP contribution in [0, 0.1) is 0 Å². The van der Waals surface area contributed by atoms with E-state index in [1.807, 2.05) is 43.3 Å². The molecule has 0 unspecified atom stereocenters. The predicted octanol–water partition coefficient (Wildman–Crippen LogP) is 4.58. The molecule has 0 aliphatic carbocycles. The Morgan fingerprint density at radius 2 is 1.67 bits per heavy atom. The summed E-state index contributed by atoms with van der Waals surface area (Å²) in [5.74, 6) is 0.286. The van der Waals surface area contributed by atoms with Crippen molar-refractivity contribution in [2.45, 2.75) is 17.7 Å². The van der Waals surface area contributed by atoms with Crippen molar-refractivity contribution >= 4 is 38.4 Å². The van der Waals surface area contributed by atoms with E-state index in [4.69, 9.17) is 5.14 Å². The standard InChI is InChI=1S/C24H22F3N5O3S/c1-32(2)22-18-7-3-4-8-19(18)30-23(31-22)29-17-12-10-15(11-13-17)14-16-6-5-9-20(36(28,33)34)21(16)35-24(25,26)27/h3-13H,14H2,1-2H3,(H2,28,33,34)(H,29,30,31). The molecule has 0 atom stereocenters. The molecule has 0 amide bonds. The average Bonchev–Trinajstić information content (AvgIpc) is 2.79. The summed E-state index contributed by atoms with van der Waals surface area (Å²) in [6.07, 6.45) is -5.11. The van der Waals surface area contributed by atoms with E-state index >= 15 is 0 Å². The van der Waals surface area contributed by atoms with Crippen LogP contribution in [-0.2, 0) is 16.4 Å². The van der Waals surface area contributed by atoms with Crippen LogP contribution >= 0.6 is 0 Å². The normalized spacial score (nSPS) is 11.9. The van der Waals surface area contributed by atoms with Crippen molar-refractivity contribution in [2.75, 3.05) is 24.3 Å². The maximum absolute atomic E-state index is 13.0. The van der Waals surface area contributed by atoms with E-state index in [0.717, 1.165) is 22.8 Å². The lowest BCUT2D eigenvalue weighted by molar-refractivity contribution is -0.275. The first-order valence-electron chi connectivity index (χ1n) is 10.6. The monoisotopic (exact) mass is 517 g/mol. The molecular formula is C24H22F3N5O3S. The smallest absolute Gasteiger partial charge is 0.404 e. The van der Waals surface area contributed by atoms with Crippen LogP contribution in [-0.4, -0.2) is 38.8 Å². The van der Waals surface area contributed by atoms with Gasteiger partial charge in [0, 0.05) is 37.2 Å². The number of alkyl halides is 3. The Hall–Kier alpha value is -3.90. The van der Waals surface area contributed by atoms with Crippen molar-refractivity contribution in [1.82, 2.24) is 9.97 Å². The molecule has 1 heterocycles. The molecule has 0 aliphatic rings. The molecule has 0 fully saturated rings. The van der Waals surface area contributed by atoms with Gasteiger partial charge in [0.1, 0.15) is 10.7 Å². The van der Waals surface area contributed by atoms with E-state index in [1.54, 1.807) is 24.3 Å². The van der Waals surface area contributed by atoms with Gasteiger partial charge in [-0.05, 0) is 35.9 Å². The number of primary sulfonamides is 1. The zero-order chi connectivity index (χ0) is 26.1. The highest BCUT2D eigenvalue weighted by Crippen LogP contribution is 2.34. The summed E-state index contributed by atoms with van der Waals surface area (Å²) in [7, 11) is -0.672. The Morgan fingerprint density at radius 3 is 2.31 bits per heavy atom. The highest BCUT2D eigenvalue weighted by atomic mass is 32.2. The number of nitrogens with one attached hydrogen (secondary N) is 1. The maximum Gasteiger partial charge on any atom is 0.573 e. The van der Waals surface area contributed by atoms with Gasteiger partial charge in [0.15, 0.2) is 5.75 Å². The third kappa shape index (κ3) is 5.83. The minimum absolute atomic E-state index is 0.0213. The van der Waals surface area contributed by atoms with Gasteiger partial charge in [0.2, 0.25) is 16.0 Å². The number of sulfonamides is 1. The molecule has 4 aromatic rings. The second kappa shape index (κ2) is 9.63. The van der Waals surface area contributed by atoms with E-state index < -0.39 is 27.0 Å². The summed E-state index contributed by atoms with van der Waals surface area (Å²) in [5, 5.41) is 9.14. The lowest BCUT2D eigenvalue weighted by Gasteiger charge is -2.17. The predicted molar refractivity (Wildman–Crippen MR) is 131 cm³/mol. The van der Waals surface area contributed by atoms with E-state index in [9.17, 15) is 21.6 Å². The van der Waals surface area contributed by atoms with Crippen LogP contribution in [0.15, 0.2) is 71.6 Å². The molecule has 8 nitrogen and oxygen atoms in total. The Bertz CT molecular complexity index is 1510. The number of anilines is 3. The maximum atomic E-state index is 13.0. The van der Waals surface area contributed by atoms with Gasteiger partial charge in [-0.3, -0.25) is 0 Å². The number of para-hydroxylation sites is 2. The van der Waals surface area contributed by atoms with Crippen molar-refractivity contribution in [3.8, 4) is 5.75 Å². The highest BCUT2D eigenvalue weighted by molar-refractivity contribution is 7.89. The highest BCUT2D eigenvalue weighted by Gasteiger charge is 2.35. The number of benzene rings is 3. The number of fused-ring (bicyclic) bond motifs is 1. The first kappa shape index (κ1) is 25.2. The molecule has 0 spiro atoms. The zero-order valence-corrected chi connectivity index (χ0v) is 20.1. The molecule has 0 saturated carbocycles. The molecule has 12 heteroatoms. The average molecular weight is 518 g/mol. The van der Waals surface area contributed by atoms with Gasteiger partial charge in [-0.25, -0.2) is 18.5 Å². The molecule has 0 radical (unpaired) electrons.